The average molecular weight is 288 g/mol. The van der Waals surface area contributed by atoms with E-state index in [0.29, 0.717) is 6.54 Å². The normalized spacial score (nSPS) is 10.1. The molecule has 0 aliphatic carbocycles. The fourth-order valence-corrected chi connectivity index (χ4v) is 1.72. The van der Waals surface area contributed by atoms with E-state index in [1.165, 1.54) is 7.11 Å². The van der Waals surface area contributed by atoms with Crippen LogP contribution in [0.15, 0.2) is 36.5 Å². The summed E-state index contributed by atoms with van der Waals surface area (Å²) in [5, 5.41) is 10.3. The van der Waals surface area contributed by atoms with Crippen LogP contribution in [0, 0.1) is 0 Å². The van der Waals surface area contributed by atoms with Gasteiger partial charge in [0, 0.05) is 6.54 Å². The lowest BCUT2D eigenvalue weighted by atomic mass is 10.2. The molecule has 0 spiro atoms. The van der Waals surface area contributed by atoms with Crippen molar-refractivity contribution in [3.63, 3.8) is 0 Å². The fourth-order valence-electron chi connectivity index (χ4n) is 1.72. The average Bonchev–Trinajstić information content (AvgIpc) is 2.96. The summed E-state index contributed by atoms with van der Waals surface area (Å²) in [5.74, 6) is -0.735. The third-order valence-electron chi connectivity index (χ3n) is 2.80. The van der Waals surface area contributed by atoms with Crippen molar-refractivity contribution in [2.75, 3.05) is 13.7 Å². The number of benzene rings is 1. The van der Waals surface area contributed by atoms with Crippen molar-refractivity contribution in [2.45, 2.75) is 13.0 Å². The van der Waals surface area contributed by atoms with Crippen molar-refractivity contribution in [2.24, 2.45) is 0 Å². The topological polar surface area (TPSA) is 86.1 Å². The maximum atomic E-state index is 11.8. The molecule has 7 nitrogen and oxygen atoms in total. The van der Waals surface area contributed by atoms with E-state index in [0.717, 1.165) is 5.56 Å². The smallest absolute Gasteiger partial charge is 0.307 e. The van der Waals surface area contributed by atoms with Gasteiger partial charge in [0.05, 0.1) is 26.3 Å². The van der Waals surface area contributed by atoms with Gasteiger partial charge < -0.3 is 10.1 Å². The molecule has 7 heteroatoms. The predicted molar refractivity (Wildman–Crippen MR) is 74.5 cm³/mol. The Labute approximate surface area is 121 Å². The van der Waals surface area contributed by atoms with E-state index in [1.807, 2.05) is 30.3 Å². The van der Waals surface area contributed by atoms with Crippen molar-refractivity contribution in [3.8, 4) is 0 Å². The number of amides is 1. The molecule has 0 unspecified atom stereocenters. The molecule has 0 aliphatic rings. The molecule has 21 heavy (non-hydrogen) atoms. The Balaban J connectivity index is 1.87. The molecule has 1 aromatic heterocycles. The first-order chi connectivity index (χ1) is 10.2. The summed E-state index contributed by atoms with van der Waals surface area (Å²) in [6.45, 7) is 0.750. The number of esters is 1. The van der Waals surface area contributed by atoms with Gasteiger partial charge in [-0.25, -0.2) is 4.68 Å². The summed E-state index contributed by atoms with van der Waals surface area (Å²) in [6, 6.07) is 9.75. The Hall–Kier alpha value is -2.70. The first-order valence-corrected chi connectivity index (χ1v) is 6.48. The van der Waals surface area contributed by atoms with E-state index >= 15 is 0 Å². The van der Waals surface area contributed by atoms with E-state index in [1.54, 1.807) is 10.9 Å². The number of aromatic nitrogens is 3. The molecule has 0 atom stereocenters. The second-order valence-electron chi connectivity index (χ2n) is 4.37. The fraction of sp³-hybridized carbons (Fsp3) is 0.286. The maximum absolute atomic E-state index is 11.8. The molecule has 0 bridgehead atoms. The summed E-state index contributed by atoms with van der Waals surface area (Å²) in [6.07, 6.45) is 1.70. The quantitative estimate of drug-likeness (QED) is 0.787. The standard InChI is InChI=1S/C14H16N4O3/c1-21-13(19)7-8-15-14(20)12-10-18(17-16-12)9-11-5-3-2-4-6-11/h2-6,10H,7-9H2,1H3,(H,15,20). The van der Waals surface area contributed by atoms with Crippen LogP contribution in [0.2, 0.25) is 0 Å². The lowest BCUT2D eigenvalue weighted by Gasteiger charge is -2.01. The van der Waals surface area contributed by atoms with Crippen molar-refractivity contribution in [3.05, 3.63) is 47.8 Å². The lowest BCUT2D eigenvalue weighted by Crippen LogP contribution is -2.26. The predicted octanol–water partition coefficient (Wildman–Crippen LogP) is 0.619. The van der Waals surface area contributed by atoms with Crippen LogP contribution in [-0.2, 0) is 16.1 Å². The molecular weight excluding hydrogens is 272 g/mol. The van der Waals surface area contributed by atoms with Crippen molar-refractivity contribution in [1.82, 2.24) is 20.3 Å². The molecular formula is C14H16N4O3. The minimum Gasteiger partial charge on any atom is -0.469 e. The van der Waals surface area contributed by atoms with Gasteiger partial charge in [-0.3, -0.25) is 9.59 Å². The van der Waals surface area contributed by atoms with Gasteiger partial charge in [-0.15, -0.1) is 5.10 Å². The molecule has 0 aliphatic heterocycles. The Bertz CT molecular complexity index is 610. The van der Waals surface area contributed by atoms with Crippen LogP contribution in [0.1, 0.15) is 22.5 Å². The highest BCUT2D eigenvalue weighted by atomic mass is 16.5. The third kappa shape index (κ3) is 4.41. The van der Waals surface area contributed by atoms with Gasteiger partial charge in [-0.1, -0.05) is 35.5 Å². The molecule has 2 rings (SSSR count). The lowest BCUT2D eigenvalue weighted by molar-refractivity contribution is -0.140. The number of methoxy groups -OCH3 is 1. The van der Waals surface area contributed by atoms with Gasteiger partial charge in [0.25, 0.3) is 5.91 Å². The Morgan fingerprint density at radius 1 is 1.29 bits per heavy atom. The largest absolute Gasteiger partial charge is 0.469 e. The number of rotatable bonds is 6. The number of nitrogens with zero attached hydrogens (tertiary/aromatic N) is 3. The SMILES string of the molecule is COC(=O)CCNC(=O)c1cn(Cc2ccccc2)nn1. The number of carbonyl (C=O) groups excluding carboxylic acids is 2. The Kier molecular flexibility index (Phi) is 5.03. The van der Waals surface area contributed by atoms with Crippen molar-refractivity contribution < 1.29 is 14.3 Å². The first-order valence-electron chi connectivity index (χ1n) is 6.48. The molecule has 1 aromatic carbocycles. The number of hydrogen-bond donors (Lipinski definition) is 1. The first kappa shape index (κ1) is 14.7. The van der Waals surface area contributed by atoms with Gasteiger partial charge in [-0.2, -0.15) is 0 Å². The number of hydrogen-bond acceptors (Lipinski definition) is 5. The van der Waals surface area contributed by atoms with Gasteiger partial charge in [0.1, 0.15) is 0 Å². The summed E-state index contributed by atoms with van der Waals surface area (Å²) in [4.78, 5) is 22.7. The number of ether oxygens (including phenoxy) is 1. The monoisotopic (exact) mass is 288 g/mol. The summed E-state index contributed by atoms with van der Waals surface area (Å²) in [5.41, 5.74) is 1.29. The zero-order valence-electron chi connectivity index (χ0n) is 11.7. The summed E-state index contributed by atoms with van der Waals surface area (Å²) in [7, 11) is 1.30. The number of nitrogens with one attached hydrogen (secondary N) is 1. The van der Waals surface area contributed by atoms with Crippen LogP contribution in [0.5, 0.6) is 0 Å². The summed E-state index contributed by atoms with van der Waals surface area (Å²) < 4.78 is 6.07. The molecule has 2 aromatic rings. The van der Waals surface area contributed by atoms with Gasteiger partial charge in [-0.05, 0) is 5.56 Å². The van der Waals surface area contributed by atoms with E-state index in [9.17, 15) is 9.59 Å². The van der Waals surface area contributed by atoms with Crippen LogP contribution < -0.4 is 5.32 Å². The van der Waals surface area contributed by atoms with Crippen LogP contribution in [0.25, 0.3) is 0 Å². The second kappa shape index (κ2) is 7.18. The molecule has 0 saturated carbocycles. The maximum Gasteiger partial charge on any atom is 0.307 e. The van der Waals surface area contributed by atoms with Gasteiger partial charge in [0.2, 0.25) is 0 Å². The molecule has 0 saturated heterocycles. The van der Waals surface area contributed by atoms with Gasteiger partial charge >= 0.3 is 5.97 Å². The van der Waals surface area contributed by atoms with E-state index < -0.39 is 0 Å². The van der Waals surface area contributed by atoms with Crippen LogP contribution >= 0.6 is 0 Å². The number of carbonyl (C=O) groups is 2. The van der Waals surface area contributed by atoms with Crippen molar-refractivity contribution in [1.29, 1.82) is 0 Å². The van der Waals surface area contributed by atoms with Crippen molar-refractivity contribution >= 4 is 11.9 Å². The minimum absolute atomic E-state index is 0.125. The zero-order chi connectivity index (χ0) is 15.1. The van der Waals surface area contributed by atoms with E-state index in [4.69, 9.17) is 0 Å². The third-order valence-corrected chi connectivity index (χ3v) is 2.80. The Morgan fingerprint density at radius 2 is 2.05 bits per heavy atom. The van der Waals surface area contributed by atoms with Crippen LogP contribution in [0.3, 0.4) is 0 Å². The highest BCUT2D eigenvalue weighted by Gasteiger charge is 2.11. The molecule has 1 amide bonds. The van der Waals surface area contributed by atoms with E-state index in [-0.39, 0.29) is 30.5 Å². The zero-order valence-corrected chi connectivity index (χ0v) is 11.7. The van der Waals surface area contributed by atoms with Gasteiger partial charge in [0.15, 0.2) is 5.69 Å². The molecule has 0 fully saturated rings. The minimum atomic E-state index is -0.372. The Morgan fingerprint density at radius 3 is 2.76 bits per heavy atom. The molecule has 0 radical (unpaired) electrons. The molecule has 1 heterocycles. The van der Waals surface area contributed by atoms with Crippen LogP contribution in [0.4, 0.5) is 0 Å². The highest BCUT2D eigenvalue weighted by molar-refractivity contribution is 5.92. The molecule has 1 N–H and O–H groups in total. The summed E-state index contributed by atoms with van der Waals surface area (Å²) >= 11 is 0. The molecule has 110 valence electrons. The van der Waals surface area contributed by atoms with E-state index in [2.05, 4.69) is 20.4 Å². The second-order valence-corrected chi connectivity index (χ2v) is 4.37. The van der Waals surface area contributed by atoms with Crippen LogP contribution in [-0.4, -0.2) is 40.5 Å². The highest BCUT2D eigenvalue weighted by Crippen LogP contribution is 2.02.